The number of rotatable bonds is 10. The van der Waals surface area contributed by atoms with Gasteiger partial charge in [0.05, 0.1) is 12.7 Å². The molecule has 8 nitrogen and oxygen atoms in total. The number of aryl methyl sites for hydroxylation is 1. The Bertz CT molecular complexity index is 1890. The number of alkyl halides is 3. The molecule has 0 N–H and O–H groups in total. The van der Waals surface area contributed by atoms with Crippen LogP contribution in [-0.4, -0.2) is 45.0 Å². The van der Waals surface area contributed by atoms with Gasteiger partial charge in [-0.1, -0.05) is 48.2 Å². The van der Waals surface area contributed by atoms with Gasteiger partial charge < -0.3 is 14.2 Å². The lowest BCUT2D eigenvalue weighted by molar-refractivity contribution is -0.137. The van der Waals surface area contributed by atoms with Crippen LogP contribution < -0.4 is 10.3 Å². The number of carbonyl (C=O) groups excluding carboxylic acids is 1. The average Bonchev–Trinajstić information content (AvgIpc) is 3.07. The van der Waals surface area contributed by atoms with Gasteiger partial charge in [-0.25, -0.2) is 18.7 Å². The first-order valence-electron chi connectivity index (χ1n) is 14.3. The predicted molar refractivity (Wildman–Crippen MR) is 171 cm³/mol. The highest BCUT2D eigenvalue weighted by Gasteiger charge is 2.30. The summed E-state index contributed by atoms with van der Waals surface area (Å²) in [7, 11) is 4.86. The third-order valence-corrected chi connectivity index (χ3v) is 7.98. The summed E-state index contributed by atoms with van der Waals surface area (Å²) in [6.07, 6.45) is 1.61. The molecule has 0 aliphatic carbocycles. The van der Waals surface area contributed by atoms with E-state index in [2.05, 4.69) is 15.0 Å². The number of carbonyl (C=O) groups is 1. The molecule has 2 aromatic heterocycles. The van der Waals surface area contributed by atoms with E-state index in [0.29, 0.717) is 46.0 Å². The molecule has 0 fully saturated rings. The average molecular weight is 684 g/mol. The fourth-order valence-electron chi connectivity index (χ4n) is 4.34. The Balaban J connectivity index is 0.000000220. The summed E-state index contributed by atoms with van der Waals surface area (Å²) >= 11 is 1.43. The van der Waals surface area contributed by atoms with Gasteiger partial charge in [0, 0.05) is 62.5 Å². The minimum Gasteiger partial charge on any atom is -0.467 e. The Morgan fingerprint density at radius 3 is 2.15 bits per heavy atom. The van der Waals surface area contributed by atoms with Crippen LogP contribution in [0.25, 0.3) is 11.1 Å². The molecule has 0 aliphatic rings. The van der Waals surface area contributed by atoms with Gasteiger partial charge in [0.25, 0.3) is 5.56 Å². The number of ether oxygens (including phenoxy) is 1. The molecule has 1 amide bonds. The van der Waals surface area contributed by atoms with Crippen molar-refractivity contribution in [3.63, 3.8) is 0 Å². The Kier molecular flexibility index (Phi) is 12.0. The number of benzene rings is 3. The second-order valence-electron chi connectivity index (χ2n) is 10.5. The quantitative estimate of drug-likeness (QED) is 0.0701. The molecule has 5 aromatic rings. The highest BCUT2D eigenvalue weighted by Crippen LogP contribution is 2.31. The molecule has 0 atom stereocenters. The molecular formula is C34H30F5N5O3S. The molecule has 0 saturated heterocycles. The molecule has 0 unspecified atom stereocenters. The van der Waals surface area contributed by atoms with Gasteiger partial charge in [-0.3, -0.25) is 9.59 Å². The van der Waals surface area contributed by atoms with Crippen LogP contribution in [0.4, 0.5) is 22.0 Å². The maximum Gasteiger partial charge on any atom is 0.416 e. The number of methoxy groups -OCH3 is 1. The molecule has 0 spiro atoms. The van der Waals surface area contributed by atoms with Crippen molar-refractivity contribution in [3.05, 3.63) is 135 Å². The fourth-order valence-corrected chi connectivity index (χ4v) is 5.23. The topological polar surface area (TPSA) is 90.2 Å². The molecule has 2 heterocycles. The predicted octanol–water partition coefficient (Wildman–Crippen LogP) is 6.70. The number of hydrogen-bond acceptors (Lipinski definition) is 7. The van der Waals surface area contributed by atoms with E-state index in [9.17, 15) is 31.5 Å². The van der Waals surface area contributed by atoms with Gasteiger partial charge in [-0.05, 0) is 52.6 Å². The molecule has 250 valence electrons. The third-order valence-electron chi connectivity index (χ3n) is 6.86. The maximum atomic E-state index is 14.0. The normalized spacial score (nSPS) is 11.0. The highest BCUT2D eigenvalue weighted by molar-refractivity contribution is 7.98. The molecule has 0 radical (unpaired) electrons. The van der Waals surface area contributed by atoms with Crippen molar-refractivity contribution in [2.24, 2.45) is 7.05 Å². The van der Waals surface area contributed by atoms with E-state index in [1.165, 1.54) is 67.2 Å². The van der Waals surface area contributed by atoms with Crippen molar-refractivity contribution in [1.29, 1.82) is 0 Å². The lowest BCUT2D eigenvalue weighted by atomic mass is 10.0. The summed E-state index contributed by atoms with van der Waals surface area (Å²) in [5.41, 5.74) is 2.60. The zero-order valence-corrected chi connectivity index (χ0v) is 26.9. The van der Waals surface area contributed by atoms with Gasteiger partial charge >= 0.3 is 12.2 Å². The largest absolute Gasteiger partial charge is 0.467 e. The van der Waals surface area contributed by atoms with Gasteiger partial charge in [-0.15, -0.1) is 0 Å². The van der Waals surface area contributed by atoms with E-state index in [4.69, 9.17) is 4.74 Å². The summed E-state index contributed by atoms with van der Waals surface area (Å²) in [6.45, 7) is 0.128. The number of amides is 1. The van der Waals surface area contributed by atoms with Crippen LogP contribution in [0.15, 0.2) is 95.3 Å². The van der Waals surface area contributed by atoms with Crippen LogP contribution in [0, 0.1) is 11.6 Å². The summed E-state index contributed by atoms with van der Waals surface area (Å²) < 4.78 is 71.2. The lowest BCUT2D eigenvalue weighted by Gasteiger charge is -2.12. The molecule has 0 aliphatic heterocycles. The summed E-state index contributed by atoms with van der Waals surface area (Å²) in [6, 6.07) is 15.5. The Hall–Kier alpha value is -5.11. The zero-order chi connectivity index (χ0) is 34.8. The molecule has 0 saturated carbocycles. The summed E-state index contributed by atoms with van der Waals surface area (Å²) in [5.74, 6) is -0.172. The highest BCUT2D eigenvalue weighted by atomic mass is 32.2. The van der Waals surface area contributed by atoms with Crippen LogP contribution in [0.2, 0.25) is 0 Å². The van der Waals surface area contributed by atoms with Gasteiger partial charge in [0.2, 0.25) is 6.41 Å². The Morgan fingerprint density at radius 2 is 1.56 bits per heavy atom. The number of aromatic nitrogens is 4. The van der Waals surface area contributed by atoms with Crippen LogP contribution in [0.1, 0.15) is 27.8 Å². The number of nitrogens with zero attached hydrogens (tertiary/aromatic N) is 5. The molecular weight excluding hydrogens is 653 g/mol. The van der Waals surface area contributed by atoms with Crippen LogP contribution in [0.3, 0.4) is 0 Å². The van der Waals surface area contributed by atoms with Gasteiger partial charge in [0.15, 0.2) is 5.16 Å². The third kappa shape index (κ3) is 9.94. The van der Waals surface area contributed by atoms with Crippen molar-refractivity contribution < 1.29 is 31.5 Å². The maximum absolute atomic E-state index is 14.0. The molecule has 14 heteroatoms. The first kappa shape index (κ1) is 35.7. The molecule has 0 bridgehead atoms. The smallest absolute Gasteiger partial charge is 0.416 e. The van der Waals surface area contributed by atoms with Crippen molar-refractivity contribution in [1.82, 2.24) is 24.4 Å². The minimum atomic E-state index is -4.40. The first-order valence-corrected chi connectivity index (χ1v) is 15.2. The van der Waals surface area contributed by atoms with Gasteiger partial charge in [0.1, 0.15) is 11.6 Å². The van der Waals surface area contributed by atoms with Crippen molar-refractivity contribution in [3.8, 4) is 17.1 Å². The second kappa shape index (κ2) is 16.1. The van der Waals surface area contributed by atoms with Gasteiger partial charge in [-0.2, -0.15) is 18.2 Å². The first-order chi connectivity index (χ1) is 22.9. The van der Waals surface area contributed by atoms with Crippen LogP contribution in [-0.2, 0) is 36.7 Å². The zero-order valence-electron chi connectivity index (χ0n) is 26.0. The fraction of sp³-hybridized carbons (Fsp3) is 0.206. The number of halogens is 5. The lowest BCUT2D eigenvalue weighted by Crippen LogP contribution is -2.18. The van der Waals surface area contributed by atoms with E-state index in [0.717, 1.165) is 23.3 Å². The van der Waals surface area contributed by atoms with E-state index < -0.39 is 17.6 Å². The standard InChI is InChI=1S/C18H17FN4O2S.C16H13F4NO/c1-23-10-14(7-13-8-20-17(25-2)21-9-13)16(24)22-18(23)26-11-12-3-5-15(19)6-4-12;1-21(10-22)9-13-3-2-12(8-15(13)17)11-4-6-14(7-5-11)16(18,19)20/h3-6,8-10H,7,11H2,1-2H3;2-8,10H,9H2,1H3. The SMILES string of the molecule is CN(C=O)Cc1ccc(-c2ccc(C(F)(F)F)cc2)cc1F.COc1ncc(Cc2cn(C)c(SCc3ccc(F)cc3)nc2=O)cn1. The molecule has 5 rings (SSSR count). The second-order valence-corrected chi connectivity index (χ2v) is 11.5. The molecule has 48 heavy (non-hydrogen) atoms. The minimum absolute atomic E-state index is 0.128. The van der Waals surface area contributed by atoms with E-state index in [1.54, 1.807) is 36.8 Å². The number of hydrogen-bond donors (Lipinski definition) is 0. The monoisotopic (exact) mass is 683 g/mol. The molecule has 3 aromatic carbocycles. The Morgan fingerprint density at radius 1 is 0.917 bits per heavy atom. The summed E-state index contributed by atoms with van der Waals surface area (Å²) in [4.78, 5) is 36.4. The Labute approximate surface area is 277 Å². The van der Waals surface area contributed by atoms with Crippen LogP contribution >= 0.6 is 11.8 Å². The van der Waals surface area contributed by atoms with Crippen molar-refractivity contribution >= 4 is 18.2 Å². The van der Waals surface area contributed by atoms with E-state index in [1.807, 2.05) is 11.6 Å². The van der Waals surface area contributed by atoms with Crippen molar-refractivity contribution in [2.75, 3.05) is 14.2 Å². The summed E-state index contributed by atoms with van der Waals surface area (Å²) in [5, 5.41) is 0.606. The van der Waals surface area contributed by atoms with Crippen LogP contribution in [0.5, 0.6) is 6.01 Å². The van der Waals surface area contributed by atoms with E-state index in [-0.39, 0.29) is 23.9 Å². The van der Waals surface area contributed by atoms with E-state index >= 15 is 0 Å². The van der Waals surface area contributed by atoms with Crippen molar-refractivity contribution in [2.45, 2.75) is 30.1 Å². The number of thioether (sulfide) groups is 1.